The third-order valence-electron chi connectivity index (χ3n) is 7.70. The number of imidazole rings is 1. The van der Waals surface area contributed by atoms with Gasteiger partial charge in [0.1, 0.15) is 0 Å². The van der Waals surface area contributed by atoms with Crippen molar-refractivity contribution < 1.29 is 8.82 Å². The standard InChI is InChI=1S/C32H32ClFN4OSSeSi/c1-31(2,3)42(25-15-9-5-10-16-25,26-17-11-6-12-18-26)39-20-23-19-32(34,41-24-13-7-4-8-14-24)30(40-23)38-22-37-27-28(33)35-21-36-29(27)38/h4-18,21-23,30H,19-20H2,1-3H3/t23-,30+,32+/m1/s1. The molecule has 42 heavy (non-hydrogen) atoms. The maximum atomic E-state index is 17.4. The van der Waals surface area contributed by atoms with Crippen LogP contribution in [0.5, 0.6) is 0 Å². The molecule has 0 N–H and O–H groups in total. The van der Waals surface area contributed by atoms with E-state index in [4.69, 9.17) is 16.0 Å². The van der Waals surface area contributed by atoms with E-state index in [2.05, 4.69) is 84.3 Å². The molecule has 1 aliphatic rings. The molecular weight excluding hydrogens is 650 g/mol. The van der Waals surface area contributed by atoms with Gasteiger partial charge in [0.05, 0.1) is 0 Å². The molecule has 1 saturated heterocycles. The number of halogens is 2. The first-order valence-electron chi connectivity index (χ1n) is 13.9. The fourth-order valence-corrected chi connectivity index (χ4v) is 15.5. The molecule has 3 aromatic carbocycles. The van der Waals surface area contributed by atoms with E-state index in [-0.39, 0.29) is 15.4 Å². The third-order valence-corrected chi connectivity index (χ3v) is 17.5. The molecule has 0 amide bonds. The molecule has 3 heterocycles. The Morgan fingerprint density at radius 1 is 0.952 bits per heavy atom. The average molecular weight is 682 g/mol. The quantitative estimate of drug-likeness (QED) is 0.154. The second-order valence-corrected chi connectivity index (χ2v) is 20.4. The zero-order chi connectivity index (χ0) is 29.4. The summed E-state index contributed by atoms with van der Waals surface area (Å²) in [6.07, 6.45) is 3.44. The van der Waals surface area contributed by atoms with Crippen LogP contribution in [0.25, 0.3) is 11.2 Å². The summed E-state index contributed by atoms with van der Waals surface area (Å²) < 4.78 is 26.1. The summed E-state index contributed by atoms with van der Waals surface area (Å²) in [6, 6.07) is 31.1. The number of alkyl halides is 1. The van der Waals surface area contributed by atoms with Gasteiger partial charge in [-0.3, -0.25) is 0 Å². The van der Waals surface area contributed by atoms with Gasteiger partial charge in [-0.05, 0) is 0 Å². The Bertz CT molecular complexity index is 1620. The Hall–Kier alpha value is -2.52. The van der Waals surface area contributed by atoms with E-state index in [1.165, 1.54) is 16.7 Å². The number of fused-ring (bicyclic) bond motifs is 1. The molecule has 0 radical (unpaired) electrons. The zero-order valence-electron chi connectivity index (χ0n) is 23.7. The first-order chi connectivity index (χ1) is 20.2. The molecule has 1 aliphatic heterocycles. The summed E-state index contributed by atoms with van der Waals surface area (Å²) >= 11 is 7.49. The van der Waals surface area contributed by atoms with Crippen molar-refractivity contribution in [2.75, 3.05) is 6.61 Å². The molecular formula is C32H32ClFN4OSSeSi. The Labute approximate surface area is 262 Å². The molecule has 0 saturated carbocycles. The van der Waals surface area contributed by atoms with Crippen molar-refractivity contribution in [1.82, 2.24) is 19.5 Å². The molecule has 1 fully saturated rings. The second kappa shape index (κ2) is 11.9. The van der Waals surface area contributed by atoms with Gasteiger partial charge in [0.15, 0.2) is 0 Å². The van der Waals surface area contributed by atoms with Crippen molar-refractivity contribution >= 4 is 72.6 Å². The molecule has 5 nitrogen and oxygen atoms in total. The van der Waals surface area contributed by atoms with Crippen LogP contribution in [-0.4, -0.2) is 59.2 Å². The summed E-state index contributed by atoms with van der Waals surface area (Å²) in [6.45, 7) is 7.24. The molecule has 0 spiro atoms. The molecule has 2 aromatic heterocycles. The van der Waals surface area contributed by atoms with Crippen molar-refractivity contribution in [2.24, 2.45) is 0 Å². The monoisotopic (exact) mass is 682 g/mol. The van der Waals surface area contributed by atoms with Crippen LogP contribution in [0.2, 0.25) is 10.2 Å². The van der Waals surface area contributed by atoms with Gasteiger partial charge in [0, 0.05) is 0 Å². The van der Waals surface area contributed by atoms with Gasteiger partial charge >= 0.3 is 264 Å². The Balaban J connectivity index is 1.37. The number of benzene rings is 3. The number of hydrogen-bond donors (Lipinski definition) is 0. The summed E-state index contributed by atoms with van der Waals surface area (Å²) in [5.41, 5.74) is 1.04. The van der Waals surface area contributed by atoms with E-state index in [1.54, 1.807) is 18.1 Å². The third kappa shape index (κ3) is 5.47. The first kappa shape index (κ1) is 29.5. The van der Waals surface area contributed by atoms with E-state index in [1.807, 2.05) is 47.0 Å². The van der Waals surface area contributed by atoms with Gasteiger partial charge in [-0.2, -0.15) is 0 Å². The molecule has 10 heteroatoms. The SMILES string of the molecule is CC(C)(C)[Si](OC[C@H]1C[C@](F)([Se]c2ccccc2)[C@@H](n2cnc3c(Cl)ncnc32)S1)(c1ccccc1)c1ccccc1. The van der Waals surface area contributed by atoms with Gasteiger partial charge in [-0.25, -0.2) is 0 Å². The summed E-state index contributed by atoms with van der Waals surface area (Å²) in [7, 11) is -2.76. The Morgan fingerprint density at radius 2 is 1.55 bits per heavy atom. The number of hydrogen-bond acceptors (Lipinski definition) is 5. The van der Waals surface area contributed by atoms with Crippen LogP contribution in [0.15, 0.2) is 104 Å². The van der Waals surface area contributed by atoms with Crippen molar-refractivity contribution in [3.63, 3.8) is 0 Å². The van der Waals surface area contributed by atoms with Crippen LogP contribution < -0.4 is 14.8 Å². The number of thioether (sulfide) groups is 1. The summed E-state index contributed by atoms with van der Waals surface area (Å²) in [4.78, 5) is 13.0. The zero-order valence-corrected chi connectivity index (χ0v) is 27.9. The fourth-order valence-electron chi connectivity index (χ4n) is 5.87. The van der Waals surface area contributed by atoms with Gasteiger partial charge < -0.3 is 0 Å². The molecule has 0 unspecified atom stereocenters. The van der Waals surface area contributed by atoms with Gasteiger partial charge in [0.2, 0.25) is 0 Å². The normalized spacial score (nSPS) is 21.2. The van der Waals surface area contributed by atoms with Crippen molar-refractivity contribution in [1.29, 1.82) is 0 Å². The molecule has 6 rings (SSSR count). The molecule has 216 valence electrons. The fraction of sp³-hybridized carbons (Fsp3) is 0.281. The van der Waals surface area contributed by atoms with E-state index < -0.39 is 33.2 Å². The molecule has 3 atom stereocenters. The van der Waals surface area contributed by atoms with E-state index in [0.717, 1.165) is 4.46 Å². The second-order valence-electron chi connectivity index (χ2n) is 11.5. The maximum absolute atomic E-state index is 17.4. The predicted octanol–water partition coefficient (Wildman–Crippen LogP) is 5.76. The summed E-state index contributed by atoms with van der Waals surface area (Å²) in [5.74, 6) is 0. The van der Waals surface area contributed by atoms with Crippen molar-refractivity contribution in [2.45, 2.75) is 47.4 Å². The minimum absolute atomic E-state index is 0.0676. The van der Waals surface area contributed by atoms with Gasteiger partial charge in [-0.15, -0.1) is 0 Å². The number of aromatic nitrogens is 4. The number of nitrogens with zero attached hydrogens (tertiary/aromatic N) is 4. The molecule has 0 aliphatic carbocycles. The molecule has 0 bridgehead atoms. The van der Waals surface area contributed by atoms with Crippen LogP contribution >= 0.6 is 23.4 Å². The van der Waals surface area contributed by atoms with Crippen LogP contribution in [0.3, 0.4) is 0 Å². The topological polar surface area (TPSA) is 52.8 Å². The van der Waals surface area contributed by atoms with Crippen LogP contribution in [-0.2, 0) is 4.43 Å². The van der Waals surface area contributed by atoms with E-state index in [0.29, 0.717) is 24.2 Å². The molecule has 5 aromatic rings. The summed E-state index contributed by atoms with van der Waals surface area (Å²) in [5, 5.41) is 1.95. The van der Waals surface area contributed by atoms with E-state index >= 15 is 4.39 Å². The first-order valence-corrected chi connectivity index (χ1v) is 18.8. The predicted molar refractivity (Wildman–Crippen MR) is 175 cm³/mol. The van der Waals surface area contributed by atoms with Crippen molar-refractivity contribution in [3.8, 4) is 0 Å². The van der Waals surface area contributed by atoms with Gasteiger partial charge in [-0.1, -0.05) is 0 Å². The van der Waals surface area contributed by atoms with Crippen LogP contribution in [0.1, 0.15) is 32.6 Å². The number of rotatable bonds is 8. The van der Waals surface area contributed by atoms with Gasteiger partial charge in [0.25, 0.3) is 0 Å². The van der Waals surface area contributed by atoms with Crippen LogP contribution in [0, 0.1) is 0 Å². The van der Waals surface area contributed by atoms with Crippen molar-refractivity contribution in [3.05, 3.63) is 109 Å². The van der Waals surface area contributed by atoms with E-state index in [9.17, 15) is 0 Å². The Morgan fingerprint density at radius 3 is 2.14 bits per heavy atom. The Kier molecular flexibility index (Phi) is 8.35. The minimum atomic E-state index is -2.76. The van der Waals surface area contributed by atoms with Crippen LogP contribution in [0.4, 0.5) is 4.39 Å². The average Bonchev–Trinajstić information content (AvgIpc) is 3.55.